The zero-order chi connectivity index (χ0) is 15.0. The summed E-state index contributed by atoms with van der Waals surface area (Å²) in [4.78, 5) is 2.44. The molecule has 3 rings (SSSR count). The Hall–Kier alpha value is -0.940. The third-order valence-corrected chi connectivity index (χ3v) is 4.65. The summed E-state index contributed by atoms with van der Waals surface area (Å²) in [5.74, 6) is 0. The molecule has 0 radical (unpaired) electrons. The van der Waals surface area contributed by atoms with Gasteiger partial charge in [0, 0.05) is 29.3 Å². The number of piperidine rings is 1. The Balaban J connectivity index is 1.77. The lowest BCUT2D eigenvalue weighted by Crippen LogP contribution is -2.41. The topological polar surface area (TPSA) is 15.3 Å². The number of nitrogens with one attached hydrogen (secondary N) is 1. The summed E-state index contributed by atoms with van der Waals surface area (Å²) >= 11 is 5.83. The molecule has 2 nitrogen and oxygen atoms in total. The zero-order valence-electron chi connectivity index (χ0n) is 11.6. The number of hydrogen-bond acceptors (Lipinski definition) is 2. The van der Waals surface area contributed by atoms with Crippen LogP contribution in [0, 0.1) is 0 Å². The summed E-state index contributed by atoms with van der Waals surface area (Å²) in [5, 5.41) is 3.38. The molecule has 0 bridgehead atoms. The number of nitrogens with zero attached hydrogens (tertiary/aromatic N) is 1. The molecule has 2 heterocycles. The first-order chi connectivity index (χ1) is 9.93. The van der Waals surface area contributed by atoms with Crippen LogP contribution in [0.15, 0.2) is 18.2 Å². The average Bonchev–Trinajstić information content (AvgIpc) is 2.81. The maximum Gasteiger partial charge on any atom is 0.416 e. The van der Waals surface area contributed by atoms with E-state index in [9.17, 15) is 13.2 Å². The molecule has 21 heavy (non-hydrogen) atoms. The monoisotopic (exact) mass is 318 g/mol. The molecule has 0 spiro atoms. The average molecular weight is 319 g/mol. The van der Waals surface area contributed by atoms with Crippen LogP contribution < -0.4 is 5.32 Å². The number of fused-ring (bicyclic) bond motifs is 1. The van der Waals surface area contributed by atoms with Crippen molar-refractivity contribution in [3.05, 3.63) is 28.8 Å². The molecule has 0 aromatic heterocycles. The number of halogens is 4. The molecule has 2 aliphatic rings. The first-order valence-electron chi connectivity index (χ1n) is 7.32. The van der Waals surface area contributed by atoms with E-state index in [0.29, 0.717) is 11.7 Å². The van der Waals surface area contributed by atoms with Gasteiger partial charge in [0.2, 0.25) is 0 Å². The molecular weight excluding hydrogens is 301 g/mol. The lowest BCUT2D eigenvalue weighted by atomic mass is 9.99. The number of hydrogen-bond donors (Lipinski definition) is 1. The molecule has 6 heteroatoms. The van der Waals surface area contributed by atoms with Gasteiger partial charge in [0.1, 0.15) is 0 Å². The minimum atomic E-state index is -4.37. The molecule has 2 aliphatic heterocycles. The fourth-order valence-corrected chi connectivity index (χ4v) is 3.70. The van der Waals surface area contributed by atoms with Crippen LogP contribution in [0.3, 0.4) is 0 Å². The van der Waals surface area contributed by atoms with Crippen LogP contribution in [-0.4, -0.2) is 30.1 Å². The van der Waals surface area contributed by atoms with Gasteiger partial charge in [-0.25, -0.2) is 0 Å². The van der Waals surface area contributed by atoms with Gasteiger partial charge in [0.25, 0.3) is 0 Å². The molecule has 2 atom stereocenters. The maximum absolute atomic E-state index is 12.8. The van der Waals surface area contributed by atoms with Crippen molar-refractivity contribution in [1.29, 1.82) is 0 Å². The lowest BCUT2D eigenvalue weighted by Gasteiger charge is -2.33. The largest absolute Gasteiger partial charge is 0.416 e. The summed E-state index contributed by atoms with van der Waals surface area (Å²) in [7, 11) is 0. The third kappa shape index (κ3) is 3.29. The number of anilines is 1. The highest BCUT2D eigenvalue weighted by Crippen LogP contribution is 2.35. The van der Waals surface area contributed by atoms with Crippen LogP contribution in [0.1, 0.15) is 31.2 Å². The van der Waals surface area contributed by atoms with Crippen LogP contribution in [0.2, 0.25) is 5.02 Å². The van der Waals surface area contributed by atoms with Crippen LogP contribution in [-0.2, 0) is 6.18 Å². The molecule has 1 N–H and O–H groups in total. The van der Waals surface area contributed by atoms with Gasteiger partial charge >= 0.3 is 6.18 Å². The van der Waals surface area contributed by atoms with Crippen molar-refractivity contribution in [2.75, 3.05) is 18.4 Å². The molecule has 2 saturated heterocycles. The Kier molecular flexibility index (Phi) is 4.06. The maximum atomic E-state index is 12.8. The van der Waals surface area contributed by atoms with E-state index in [1.54, 1.807) is 6.07 Å². The fourth-order valence-electron chi connectivity index (χ4n) is 3.47. The van der Waals surface area contributed by atoms with Crippen molar-refractivity contribution in [2.45, 2.75) is 43.9 Å². The van der Waals surface area contributed by atoms with Crippen molar-refractivity contribution >= 4 is 17.3 Å². The van der Waals surface area contributed by atoms with Crippen molar-refractivity contribution < 1.29 is 13.2 Å². The van der Waals surface area contributed by atoms with Crippen LogP contribution in [0.25, 0.3) is 0 Å². The Morgan fingerprint density at radius 1 is 1.10 bits per heavy atom. The van der Waals surface area contributed by atoms with Crippen molar-refractivity contribution in [3.63, 3.8) is 0 Å². The number of alkyl halides is 3. The van der Waals surface area contributed by atoms with E-state index < -0.39 is 11.7 Å². The van der Waals surface area contributed by atoms with Gasteiger partial charge in [-0.05, 0) is 44.0 Å². The molecule has 1 aromatic carbocycles. The first-order valence-corrected chi connectivity index (χ1v) is 7.70. The van der Waals surface area contributed by atoms with E-state index in [0.717, 1.165) is 38.1 Å². The minimum absolute atomic E-state index is 0.117. The molecule has 2 fully saturated rings. The summed E-state index contributed by atoms with van der Waals surface area (Å²) in [6.07, 6.45) is 0.137. The molecule has 116 valence electrons. The Morgan fingerprint density at radius 2 is 1.90 bits per heavy atom. The van der Waals surface area contributed by atoms with E-state index in [1.165, 1.54) is 12.8 Å². The van der Waals surface area contributed by atoms with Gasteiger partial charge in [-0.3, -0.25) is 4.90 Å². The van der Waals surface area contributed by atoms with Gasteiger partial charge in [-0.1, -0.05) is 18.0 Å². The Morgan fingerprint density at radius 3 is 2.67 bits per heavy atom. The van der Waals surface area contributed by atoms with Crippen LogP contribution in [0.5, 0.6) is 0 Å². The molecule has 2 unspecified atom stereocenters. The minimum Gasteiger partial charge on any atom is -0.381 e. The summed E-state index contributed by atoms with van der Waals surface area (Å²) in [6.45, 7) is 2.13. The van der Waals surface area contributed by atoms with Gasteiger partial charge in [0.05, 0.1) is 5.56 Å². The second-order valence-corrected chi connectivity index (χ2v) is 6.30. The van der Waals surface area contributed by atoms with E-state index in [-0.39, 0.29) is 11.1 Å². The zero-order valence-corrected chi connectivity index (χ0v) is 12.3. The van der Waals surface area contributed by atoms with Gasteiger partial charge < -0.3 is 5.32 Å². The van der Waals surface area contributed by atoms with E-state index in [1.807, 2.05) is 0 Å². The predicted molar refractivity (Wildman–Crippen MR) is 77.7 cm³/mol. The van der Waals surface area contributed by atoms with E-state index >= 15 is 0 Å². The molecule has 0 aliphatic carbocycles. The smallest absolute Gasteiger partial charge is 0.381 e. The third-order valence-electron chi connectivity index (χ3n) is 4.43. The summed E-state index contributed by atoms with van der Waals surface area (Å²) < 4.78 is 38.5. The Bertz CT molecular complexity index is 518. The van der Waals surface area contributed by atoms with Crippen molar-refractivity contribution in [3.8, 4) is 0 Å². The van der Waals surface area contributed by atoms with Gasteiger partial charge in [0.15, 0.2) is 0 Å². The van der Waals surface area contributed by atoms with Gasteiger partial charge in [-0.15, -0.1) is 0 Å². The van der Waals surface area contributed by atoms with E-state index in [2.05, 4.69) is 10.2 Å². The quantitative estimate of drug-likeness (QED) is 0.869. The van der Waals surface area contributed by atoms with E-state index in [4.69, 9.17) is 11.6 Å². The lowest BCUT2D eigenvalue weighted by molar-refractivity contribution is -0.137. The molecule has 0 amide bonds. The summed E-state index contributed by atoms with van der Waals surface area (Å²) in [6, 6.07) is 4.34. The second-order valence-electron chi connectivity index (χ2n) is 5.86. The highest BCUT2D eigenvalue weighted by Gasteiger charge is 2.36. The van der Waals surface area contributed by atoms with Crippen molar-refractivity contribution in [1.82, 2.24) is 4.90 Å². The predicted octanol–water partition coefficient (Wildman–Crippen LogP) is 4.40. The highest BCUT2D eigenvalue weighted by molar-refractivity contribution is 6.30. The highest BCUT2D eigenvalue weighted by atomic mass is 35.5. The number of benzene rings is 1. The van der Waals surface area contributed by atoms with Gasteiger partial charge in [-0.2, -0.15) is 13.2 Å². The normalized spacial score (nSPS) is 26.7. The SMILES string of the molecule is FC(F)(F)c1cc(Cl)cc(NC2CCN3CCCCC23)c1. The number of rotatable bonds is 2. The fraction of sp³-hybridized carbons (Fsp3) is 0.600. The molecule has 0 saturated carbocycles. The van der Waals surface area contributed by atoms with Crippen LogP contribution in [0.4, 0.5) is 18.9 Å². The van der Waals surface area contributed by atoms with Crippen LogP contribution >= 0.6 is 11.6 Å². The standard InChI is InChI=1S/C15H18ClF3N2/c16-11-7-10(15(17,18)19)8-12(9-11)20-13-4-6-21-5-2-1-3-14(13)21/h7-9,13-14,20H,1-6H2. The molecule has 1 aromatic rings. The van der Waals surface area contributed by atoms with Crippen molar-refractivity contribution in [2.24, 2.45) is 0 Å². The molecular formula is C15H18ClF3N2. The Labute approximate surface area is 127 Å². The summed E-state index contributed by atoms with van der Waals surface area (Å²) in [5.41, 5.74) is -0.233. The first kappa shape index (κ1) is 15.0. The second kappa shape index (κ2) is 5.69.